The van der Waals surface area contributed by atoms with Gasteiger partial charge < -0.3 is 9.64 Å². The summed E-state index contributed by atoms with van der Waals surface area (Å²) in [7, 11) is 0. The van der Waals surface area contributed by atoms with Crippen molar-refractivity contribution in [3.63, 3.8) is 0 Å². The third-order valence-electron chi connectivity index (χ3n) is 12.2. The molecule has 0 N–H and O–H groups in total. The number of fused-ring (bicyclic) bond motifs is 6. The van der Waals surface area contributed by atoms with Crippen molar-refractivity contribution < 1.29 is 4.74 Å². The monoisotopic (exact) mass is 706 g/mol. The van der Waals surface area contributed by atoms with Crippen LogP contribution in [0.25, 0.3) is 22.4 Å². The van der Waals surface area contributed by atoms with Gasteiger partial charge in [0.05, 0.1) is 11.4 Å². The maximum Gasteiger partial charge on any atom is 0.256 e. The maximum absolute atomic E-state index is 7.07. The van der Waals surface area contributed by atoms with Crippen LogP contribution >= 0.6 is 0 Å². The van der Waals surface area contributed by atoms with Gasteiger partial charge in [0.2, 0.25) is 0 Å². The molecule has 9 rings (SSSR count). The van der Waals surface area contributed by atoms with E-state index >= 15 is 0 Å². The summed E-state index contributed by atoms with van der Waals surface area (Å²) in [5.41, 5.74) is 18.5. The standard InChI is InChI=1S/C50H51BN2O/c1-47(2,3)33-17-19-41-36(26-33)50(10,11)37-27-35(49(7,8)9)29-39-46(37)53(41)42-24-32(31-21-22-52-40(23-31)30-15-13-12-14-16-30)25-44-45(42)51(39)38-28-34(48(4,5)6)18-20-43(38)54-44/h12-29H,1-11H3. The molecule has 0 saturated heterocycles. The molecule has 54 heavy (non-hydrogen) atoms. The average Bonchev–Trinajstić information content (AvgIpc) is 3.12. The van der Waals surface area contributed by atoms with Gasteiger partial charge in [0.15, 0.2) is 0 Å². The number of anilines is 3. The van der Waals surface area contributed by atoms with Crippen molar-refractivity contribution in [3.05, 3.63) is 137 Å². The van der Waals surface area contributed by atoms with Crippen molar-refractivity contribution in [1.29, 1.82) is 0 Å². The molecule has 0 aliphatic carbocycles. The summed E-state index contributed by atoms with van der Waals surface area (Å²) in [6.07, 6.45) is 1.93. The second kappa shape index (κ2) is 11.5. The highest BCUT2D eigenvalue weighted by Crippen LogP contribution is 2.55. The van der Waals surface area contributed by atoms with Crippen LogP contribution < -0.4 is 26.0 Å². The number of ether oxygens (including phenoxy) is 1. The highest BCUT2D eigenvalue weighted by molar-refractivity contribution is 6.99. The first kappa shape index (κ1) is 34.7. The van der Waals surface area contributed by atoms with Crippen LogP contribution in [0, 0.1) is 0 Å². The molecule has 0 amide bonds. The van der Waals surface area contributed by atoms with Crippen LogP contribution in [0.3, 0.4) is 0 Å². The normalized spacial score (nSPS) is 15.2. The Morgan fingerprint density at radius 2 is 1.20 bits per heavy atom. The van der Waals surface area contributed by atoms with Gasteiger partial charge in [-0.15, -0.1) is 0 Å². The minimum absolute atomic E-state index is 0.00111. The van der Waals surface area contributed by atoms with E-state index in [0.29, 0.717) is 0 Å². The molecule has 0 radical (unpaired) electrons. The summed E-state index contributed by atoms with van der Waals surface area (Å²) in [6.45, 7) is 25.8. The van der Waals surface area contributed by atoms with Crippen LogP contribution in [0.1, 0.15) is 104 Å². The molecule has 0 saturated carbocycles. The average molecular weight is 707 g/mol. The van der Waals surface area contributed by atoms with Gasteiger partial charge in [-0.1, -0.05) is 143 Å². The molecular weight excluding hydrogens is 655 g/mol. The van der Waals surface area contributed by atoms with Gasteiger partial charge in [0.25, 0.3) is 6.71 Å². The smallest absolute Gasteiger partial charge is 0.256 e. The van der Waals surface area contributed by atoms with E-state index in [1.54, 1.807) is 0 Å². The predicted octanol–water partition coefficient (Wildman–Crippen LogP) is 11.4. The number of nitrogens with zero attached hydrogens (tertiary/aromatic N) is 2. The molecule has 1 aromatic heterocycles. The minimum Gasteiger partial charge on any atom is -0.458 e. The minimum atomic E-state index is -0.229. The van der Waals surface area contributed by atoms with Gasteiger partial charge in [0.1, 0.15) is 11.5 Å². The van der Waals surface area contributed by atoms with E-state index in [2.05, 4.69) is 184 Å². The zero-order chi connectivity index (χ0) is 38.1. The second-order valence-corrected chi connectivity index (χ2v) is 19.4. The fraction of sp³-hybridized carbons (Fsp3) is 0.300. The second-order valence-electron chi connectivity index (χ2n) is 19.4. The summed E-state index contributed by atoms with van der Waals surface area (Å²) >= 11 is 0. The Bertz CT molecular complexity index is 2510. The first-order chi connectivity index (χ1) is 25.4. The Morgan fingerprint density at radius 1 is 0.556 bits per heavy atom. The number of pyridine rings is 1. The molecule has 0 unspecified atom stereocenters. The molecule has 5 aromatic carbocycles. The molecular formula is C50H51BN2O. The Kier molecular flexibility index (Phi) is 7.36. The quantitative estimate of drug-likeness (QED) is 0.167. The first-order valence-electron chi connectivity index (χ1n) is 19.6. The third-order valence-corrected chi connectivity index (χ3v) is 12.2. The van der Waals surface area contributed by atoms with Crippen LogP contribution in [0.4, 0.5) is 17.1 Å². The largest absolute Gasteiger partial charge is 0.458 e. The lowest BCUT2D eigenvalue weighted by atomic mass is 9.33. The van der Waals surface area contributed by atoms with Crippen LogP contribution in [0.2, 0.25) is 0 Å². The number of aromatic nitrogens is 1. The van der Waals surface area contributed by atoms with Gasteiger partial charge >= 0.3 is 0 Å². The topological polar surface area (TPSA) is 25.4 Å². The molecule has 3 nitrogen and oxygen atoms in total. The van der Waals surface area contributed by atoms with Gasteiger partial charge in [0, 0.05) is 28.6 Å². The number of benzene rings is 5. The molecule has 0 spiro atoms. The summed E-state index contributed by atoms with van der Waals surface area (Å²) in [5, 5.41) is 0. The van der Waals surface area contributed by atoms with E-state index in [0.717, 1.165) is 33.9 Å². The third kappa shape index (κ3) is 5.28. The summed E-state index contributed by atoms with van der Waals surface area (Å²) < 4.78 is 7.07. The molecule has 6 aromatic rings. The van der Waals surface area contributed by atoms with Gasteiger partial charge in [-0.2, -0.15) is 0 Å². The van der Waals surface area contributed by atoms with E-state index < -0.39 is 0 Å². The Morgan fingerprint density at radius 3 is 1.91 bits per heavy atom. The van der Waals surface area contributed by atoms with Crippen molar-refractivity contribution in [2.24, 2.45) is 0 Å². The maximum atomic E-state index is 7.07. The molecule has 0 fully saturated rings. The van der Waals surface area contributed by atoms with Crippen LogP contribution in [0.15, 0.2) is 109 Å². The summed E-state index contributed by atoms with van der Waals surface area (Å²) in [5.74, 6) is 1.87. The van der Waals surface area contributed by atoms with E-state index in [1.807, 2.05) is 6.20 Å². The number of rotatable bonds is 2. The zero-order valence-electron chi connectivity index (χ0n) is 33.8. The fourth-order valence-corrected chi connectivity index (χ4v) is 8.90. The van der Waals surface area contributed by atoms with Crippen LogP contribution in [-0.4, -0.2) is 11.7 Å². The highest BCUT2D eigenvalue weighted by Gasteiger charge is 2.49. The van der Waals surface area contributed by atoms with Crippen molar-refractivity contribution in [2.75, 3.05) is 4.90 Å². The van der Waals surface area contributed by atoms with E-state index in [-0.39, 0.29) is 28.4 Å². The van der Waals surface area contributed by atoms with Crippen molar-refractivity contribution in [3.8, 4) is 33.9 Å². The van der Waals surface area contributed by atoms with Crippen molar-refractivity contribution in [2.45, 2.75) is 97.8 Å². The number of hydrogen-bond donors (Lipinski definition) is 0. The SMILES string of the molecule is CC(C)(C)c1ccc2c(c1)B1c3cc(C(C)(C)C)cc4c3N(c3ccc(C(C)(C)C)cc3C4(C)C)c3cc(-c4ccnc(-c5ccccc5)c4)cc(c31)O2. The van der Waals surface area contributed by atoms with Crippen molar-refractivity contribution in [1.82, 2.24) is 4.98 Å². The van der Waals surface area contributed by atoms with E-state index in [9.17, 15) is 0 Å². The molecule has 0 bridgehead atoms. The molecule has 270 valence electrons. The predicted molar refractivity (Wildman–Crippen MR) is 229 cm³/mol. The lowest BCUT2D eigenvalue weighted by Gasteiger charge is -2.49. The molecule has 4 heterocycles. The van der Waals surface area contributed by atoms with Gasteiger partial charge in [-0.05, 0) is 108 Å². The lowest BCUT2D eigenvalue weighted by Crippen LogP contribution is -2.61. The molecule has 3 aliphatic heterocycles. The highest BCUT2D eigenvalue weighted by atomic mass is 16.5. The fourth-order valence-electron chi connectivity index (χ4n) is 8.90. The molecule has 0 atom stereocenters. The molecule has 3 aliphatic rings. The Labute approximate surface area is 322 Å². The summed E-state index contributed by atoms with van der Waals surface area (Å²) in [4.78, 5) is 7.38. The Balaban J connectivity index is 1.38. The zero-order valence-corrected chi connectivity index (χ0v) is 33.8. The van der Waals surface area contributed by atoms with Crippen LogP contribution in [-0.2, 0) is 21.7 Å². The van der Waals surface area contributed by atoms with E-state index in [1.165, 1.54) is 61.3 Å². The summed E-state index contributed by atoms with van der Waals surface area (Å²) in [6, 6.07) is 38.7. The number of hydrogen-bond acceptors (Lipinski definition) is 3. The van der Waals surface area contributed by atoms with Crippen molar-refractivity contribution >= 4 is 40.2 Å². The lowest BCUT2D eigenvalue weighted by molar-refractivity contribution is 0.486. The van der Waals surface area contributed by atoms with E-state index in [4.69, 9.17) is 9.72 Å². The van der Waals surface area contributed by atoms with Gasteiger partial charge in [-0.3, -0.25) is 4.98 Å². The Hall–Kier alpha value is -5.09. The van der Waals surface area contributed by atoms with Crippen LogP contribution in [0.5, 0.6) is 11.5 Å². The molecule has 4 heteroatoms. The van der Waals surface area contributed by atoms with Gasteiger partial charge in [-0.25, -0.2) is 0 Å². The first-order valence-corrected chi connectivity index (χ1v) is 19.6.